The van der Waals surface area contributed by atoms with Crippen LogP contribution in [0, 0.1) is 0 Å². The van der Waals surface area contributed by atoms with Crippen LogP contribution in [-0.4, -0.2) is 53.7 Å². The van der Waals surface area contributed by atoms with Crippen molar-refractivity contribution in [3.05, 3.63) is 23.7 Å². The average Bonchev–Trinajstić information content (AvgIpc) is 3.10. The molecule has 0 spiro atoms. The summed E-state index contributed by atoms with van der Waals surface area (Å²) in [5, 5.41) is 4.13. The van der Waals surface area contributed by atoms with Gasteiger partial charge in [0, 0.05) is 6.54 Å². The van der Waals surface area contributed by atoms with Gasteiger partial charge in [-0.05, 0) is 45.7 Å². The van der Waals surface area contributed by atoms with Crippen LogP contribution in [0.4, 0.5) is 0 Å². The molecule has 2 aromatic rings. The molecule has 1 aliphatic rings. The van der Waals surface area contributed by atoms with Crippen molar-refractivity contribution >= 4 is 0 Å². The van der Waals surface area contributed by atoms with Crippen LogP contribution < -0.4 is 5.73 Å². The Kier molecular flexibility index (Phi) is 4.05. The number of rotatable bonds is 3. The van der Waals surface area contributed by atoms with E-state index in [0.717, 1.165) is 26.1 Å². The highest BCUT2D eigenvalue weighted by Crippen LogP contribution is 2.25. The zero-order chi connectivity index (χ0) is 14.8. The first-order valence-electron chi connectivity index (χ1n) is 7.19. The quantitative estimate of drug-likeness (QED) is 0.906. The average molecular weight is 291 g/mol. The van der Waals surface area contributed by atoms with E-state index < -0.39 is 0 Å². The SMILES string of the molecule is CN1CCCN(C)C(c2noc(-c3ccc(CN)o3)n2)C1. The van der Waals surface area contributed by atoms with Crippen molar-refractivity contribution in [3.8, 4) is 11.7 Å². The third-order valence-electron chi connectivity index (χ3n) is 3.88. The van der Waals surface area contributed by atoms with Crippen LogP contribution in [0.1, 0.15) is 24.0 Å². The van der Waals surface area contributed by atoms with Gasteiger partial charge >= 0.3 is 0 Å². The van der Waals surface area contributed by atoms with Crippen LogP contribution in [0.5, 0.6) is 0 Å². The van der Waals surface area contributed by atoms with Gasteiger partial charge in [0.1, 0.15) is 5.76 Å². The van der Waals surface area contributed by atoms with E-state index in [4.69, 9.17) is 14.7 Å². The Labute approximate surface area is 123 Å². The summed E-state index contributed by atoms with van der Waals surface area (Å²) in [6.07, 6.45) is 1.15. The lowest BCUT2D eigenvalue weighted by molar-refractivity contribution is 0.214. The number of hydrogen-bond acceptors (Lipinski definition) is 7. The standard InChI is InChI=1S/C14H21N5O2/c1-18-6-3-7-19(2)11(9-18)13-16-14(21-17-13)12-5-4-10(8-15)20-12/h4-5,11H,3,6-9,15H2,1-2H3. The molecular formula is C14H21N5O2. The second-order valence-electron chi connectivity index (χ2n) is 5.54. The molecule has 1 atom stereocenters. The summed E-state index contributed by atoms with van der Waals surface area (Å²) in [7, 11) is 4.21. The van der Waals surface area contributed by atoms with E-state index in [1.165, 1.54) is 0 Å². The Morgan fingerprint density at radius 1 is 1.33 bits per heavy atom. The first kappa shape index (κ1) is 14.2. The Balaban J connectivity index is 1.83. The first-order chi connectivity index (χ1) is 10.2. The van der Waals surface area contributed by atoms with Gasteiger partial charge in [-0.3, -0.25) is 4.90 Å². The van der Waals surface area contributed by atoms with Gasteiger partial charge in [-0.25, -0.2) is 0 Å². The predicted molar refractivity (Wildman–Crippen MR) is 77.4 cm³/mol. The molecule has 3 rings (SSSR count). The summed E-state index contributed by atoms with van der Waals surface area (Å²) in [5.41, 5.74) is 5.54. The minimum Gasteiger partial charge on any atom is -0.455 e. The number of furan rings is 1. The molecule has 114 valence electrons. The fourth-order valence-electron chi connectivity index (χ4n) is 2.62. The van der Waals surface area contributed by atoms with Gasteiger partial charge in [-0.15, -0.1) is 0 Å². The molecule has 0 aromatic carbocycles. The van der Waals surface area contributed by atoms with Crippen molar-refractivity contribution < 1.29 is 8.94 Å². The number of nitrogens with zero attached hydrogens (tertiary/aromatic N) is 4. The normalized spacial score (nSPS) is 21.6. The molecule has 0 saturated carbocycles. The molecule has 0 radical (unpaired) electrons. The molecule has 1 unspecified atom stereocenters. The minimum absolute atomic E-state index is 0.138. The zero-order valence-electron chi connectivity index (χ0n) is 12.5. The van der Waals surface area contributed by atoms with Gasteiger partial charge in [-0.1, -0.05) is 5.16 Å². The van der Waals surface area contributed by atoms with Gasteiger partial charge in [0.2, 0.25) is 0 Å². The Hall–Kier alpha value is -1.70. The van der Waals surface area contributed by atoms with Crippen LogP contribution in [0.15, 0.2) is 21.1 Å². The van der Waals surface area contributed by atoms with Crippen LogP contribution in [0.25, 0.3) is 11.7 Å². The molecule has 3 heterocycles. The van der Waals surface area contributed by atoms with Crippen LogP contribution in [-0.2, 0) is 6.54 Å². The first-order valence-corrected chi connectivity index (χ1v) is 7.19. The van der Waals surface area contributed by atoms with E-state index in [1.54, 1.807) is 0 Å². The predicted octanol–water partition coefficient (Wildman–Crippen LogP) is 1.10. The molecule has 2 aromatic heterocycles. The Bertz CT molecular complexity index is 594. The second-order valence-corrected chi connectivity index (χ2v) is 5.54. The smallest absolute Gasteiger partial charge is 0.293 e. The van der Waals surface area contributed by atoms with Crippen molar-refractivity contribution in [1.82, 2.24) is 19.9 Å². The highest BCUT2D eigenvalue weighted by molar-refractivity contribution is 5.44. The molecule has 1 aliphatic heterocycles. The van der Waals surface area contributed by atoms with Crippen molar-refractivity contribution in [3.63, 3.8) is 0 Å². The molecule has 0 amide bonds. The molecule has 1 fully saturated rings. The number of aromatic nitrogens is 2. The van der Waals surface area contributed by atoms with E-state index in [9.17, 15) is 0 Å². The molecular weight excluding hydrogens is 270 g/mol. The van der Waals surface area contributed by atoms with Crippen molar-refractivity contribution in [2.24, 2.45) is 5.73 Å². The van der Waals surface area contributed by atoms with E-state index in [-0.39, 0.29) is 6.04 Å². The van der Waals surface area contributed by atoms with E-state index >= 15 is 0 Å². The number of nitrogens with two attached hydrogens (primary N) is 1. The molecule has 21 heavy (non-hydrogen) atoms. The summed E-state index contributed by atoms with van der Waals surface area (Å²) < 4.78 is 10.9. The fourth-order valence-corrected chi connectivity index (χ4v) is 2.62. The largest absolute Gasteiger partial charge is 0.455 e. The minimum atomic E-state index is 0.138. The molecule has 0 bridgehead atoms. The van der Waals surface area contributed by atoms with Gasteiger partial charge in [0.25, 0.3) is 5.89 Å². The molecule has 7 heteroatoms. The van der Waals surface area contributed by atoms with Crippen LogP contribution >= 0.6 is 0 Å². The third kappa shape index (κ3) is 2.99. The maximum absolute atomic E-state index is 5.55. The fraction of sp³-hybridized carbons (Fsp3) is 0.571. The second kappa shape index (κ2) is 5.97. The monoisotopic (exact) mass is 291 g/mol. The summed E-state index contributed by atoms with van der Waals surface area (Å²) in [4.78, 5) is 9.06. The maximum atomic E-state index is 5.55. The maximum Gasteiger partial charge on any atom is 0.293 e. The van der Waals surface area contributed by atoms with Gasteiger partial charge in [-0.2, -0.15) is 4.98 Å². The van der Waals surface area contributed by atoms with Gasteiger partial charge in [0.15, 0.2) is 11.6 Å². The van der Waals surface area contributed by atoms with Crippen LogP contribution in [0.3, 0.4) is 0 Å². The van der Waals surface area contributed by atoms with Crippen molar-refractivity contribution in [1.29, 1.82) is 0 Å². The number of hydrogen-bond donors (Lipinski definition) is 1. The van der Waals surface area contributed by atoms with E-state index in [2.05, 4.69) is 34.0 Å². The lowest BCUT2D eigenvalue weighted by atomic mass is 10.2. The lowest BCUT2D eigenvalue weighted by Crippen LogP contribution is -2.31. The van der Waals surface area contributed by atoms with E-state index in [1.807, 2.05) is 12.1 Å². The van der Waals surface area contributed by atoms with Gasteiger partial charge in [0.05, 0.1) is 12.6 Å². The molecule has 1 saturated heterocycles. The molecule has 2 N–H and O–H groups in total. The third-order valence-corrected chi connectivity index (χ3v) is 3.88. The Morgan fingerprint density at radius 3 is 2.95 bits per heavy atom. The number of likely N-dealkylation sites (N-methyl/N-ethyl adjacent to an activating group) is 2. The van der Waals surface area contributed by atoms with Crippen LogP contribution in [0.2, 0.25) is 0 Å². The molecule has 0 aliphatic carbocycles. The topological polar surface area (TPSA) is 84.6 Å². The highest BCUT2D eigenvalue weighted by Gasteiger charge is 2.27. The van der Waals surface area contributed by atoms with Crippen molar-refractivity contribution in [2.45, 2.75) is 19.0 Å². The molecule has 7 nitrogen and oxygen atoms in total. The highest BCUT2D eigenvalue weighted by atomic mass is 16.5. The summed E-state index contributed by atoms with van der Waals surface area (Å²) in [6.45, 7) is 3.36. The lowest BCUT2D eigenvalue weighted by Gasteiger charge is -2.24. The Morgan fingerprint density at radius 2 is 2.19 bits per heavy atom. The zero-order valence-corrected chi connectivity index (χ0v) is 12.5. The summed E-state index contributed by atoms with van der Waals surface area (Å²) >= 11 is 0. The van der Waals surface area contributed by atoms with Gasteiger partial charge < -0.3 is 19.6 Å². The summed E-state index contributed by atoms with van der Waals surface area (Å²) in [6, 6.07) is 3.77. The van der Waals surface area contributed by atoms with E-state index in [0.29, 0.717) is 29.8 Å². The van der Waals surface area contributed by atoms with Crippen molar-refractivity contribution in [2.75, 3.05) is 33.7 Å². The summed E-state index contributed by atoms with van der Waals surface area (Å²) in [5.74, 6) is 2.38.